The number of ether oxygens (including phenoxy) is 3. The van der Waals surface area contributed by atoms with Gasteiger partial charge in [-0.1, -0.05) is 0 Å². The van der Waals surface area contributed by atoms with Gasteiger partial charge in [-0.15, -0.1) is 0 Å². The molecule has 9 nitrogen and oxygen atoms in total. The van der Waals surface area contributed by atoms with Gasteiger partial charge >= 0.3 is 17.9 Å². The van der Waals surface area contributed by atoms with Crippen LogP contribution in [-0.4, -0.2) is 62.4 Å². The SMILES string of the molecule is COC(=O)/C=C/C(=O)OCC(O)C(=O)NCCCC(=O)OC. The highest BCUT2D eigenvalue weighted by atomic mass is 16.5. The molecule has 0 aromatic rings. The first kappa shape index (κ1) is 19.6. The van der Waals surface area contributed by atoms with E-state index in [0.29, 0.717) is 6.42 Å². The lowest BCUT2D eigenvalue weighted by molar-refractivity contribution is -0.145. The van der Waals surface area contributed by atoms with Gasteiger partial charge in [-0.2, -0.15) is 0 Å². The molecule has 2 N–H and O–H groups in total. The molecular formula is C13H19NO8. The topological polar surface area (TPSA) is 128 Å². The molecule has 0 aromatic carbocycles. The van der Waals surface area contributed by atoms with Gasteiger partial charge in [-0.05, 0) is 6.42 Å². The van der Waals surface area contributed by atoms with Crippen LogP contribution in [0, 0.1) is 0 Å². The van der Waals surface area contributed by atoms with E-state index in [-0.39, 0.29) is 13.0 Å². The summed E-state index contributed by atoms with van der Waals surface area (Å²) in [6, 6.07) is 0. The van der Waals surface area contributed by atoms with Crippen molar-refractivity contribution in [2.75, 3.05) is 27.4 Å². The molecule has 0 bridgehead atoms. The molecule has 0 aliphatic carbocycles. The molecule has 124 valence electrons. The number of hydrogen-bond donors (Lipinski definition) is 2. The molecule has 22 heavy (non-hydrogen) atoms. The van der Waals surface area contributed by atoms with E-state index in [2.05, 4.69) is 19.5 Å². The first-order valence-corrected chi connectivity index (χ1v) is 6.36. The largest absolute Gasteiger partial charge is 0.469 e. The number of aliphatic hydroxyl groups is 1. The minimum atomic E-state index is -1.55. The molecule has 9 heteroatoms. The van der Waals surface area contributed by atoms with E-state index < -0.39 is 36.5 Å². The van der Waals surface area contributed by atoms with Crippen LogP contribution in [0.3, 0.4) is 0 Å². The van der Waals surface area contributed by atoms with Crippen LogP contribution in [0.15, 0.2) is 12.2 Å². The van der Waals surface area contributed by atoms with E-state index in [1.54, 1.807) is 0 Å². The van der Waals surface area contributed by atoms with Crippen LogP contribution in [0.25, 0.3) is 0 Å². The average Bonchev–Trinajstić information content (AvgIpc) is 2.53. The smallest absolute Gasteiger partial charge is 0.331 e. The molecule has 1 unspecified atom stereocenters. The summed E-state index contributed by atoms with van der Waals surface area (Å²) in [6.07, 6.45) is 0.607. The molecule has 0 aliphatic heterocycles. The van der Waals surface area contributed by atoms with Crippen molar-refractivity contribution in [3.8, 4) is 0 Å². The van der Waals surface area contributed by atoms with Gasteiger partial charge in [0, 0.05) is 25.1 Å². The first-order chi connectivity index (χ1) is 10.4. The number of aliphatic hydroxyl groups excluding tert-OH is 1. The maximum Gasteiger partial charge on any atom is 0.331 e. The zero-order valence-electron chi connectivity index (χ0n) is 12.4. The second-order valence-corrected chi connectivity index (χ2v) is 3.97. The van der Waals surface area contributed by atoms with Gasteiger partial charge < -0.3 is 24.6 Å². The Balaban J connectivity index is 3.91. The molecule has 1 amide bonds. The van der Waals surface area contributed by atoms with Crippen LogP contribution in [0.1, 0.15) is 12.8 Å². The van der Waals surface area contributed by atoms with E-state index >= 15 is 0 Å². The second kappa shape index (κ2) is 11.3. The molecule has 0 saturated carbocycles. The Morgan fingerprint density at radius 1 is 1.09 bits per heavy atom. The van der Waals surface area contributed by atoms with Crippen molar-refractivity contribution in [1.29, 1.82) is 0 Å². The summed E-state index contributed by atoms with van der Waals surface area (Å²) in [5, 5.41) is 11.8. The summed E-state index contributed by atoms with van der Waals surface area (Å²) in [7, 11) is 2.40. The number of nitrogens with one attached hydrogen (secondary N) is 1. The fourth-order valence-electron chi connectivity index (χ4n) is 1.15. The van der Waals surface area contributed by atoms with E-state index in [1.807, 2.05) is 0 Å². The fraction of sp³-hybridized carbons (Fsp3) is 0.538. The third-order valence-corrected chi connectivity index (χ3v) is 2.33. The Morgan fingerprint density at radius 3 is 2.32 bits per heavy atom. The molecule has 0 spiro atoms. The summed E-state index contributed by atoms with van der Waals surface area (Å²) in [5.74, 6) is -2.78. The number of methoxy groups -OCH3 is 2. The van der Waals surface area contributed by atoms with E-state index in [0.717, 1.165) is 19.3 Å². The minimum Gasteiger partial charge on any atom is -0.469 e. The molecule has 1 atom stereocenters. The van der Waals surface area contributed by atoms with Gasteiger partial charge in [-0.3, -0.25) is 9.59 Å². The normalized spacial score (nSPS) is 11.6. The molecular weight excluding hydrogens is 298 g/mol. The second-order valence-electron chi connectivity index (χ2n) is 3.97. The number of esters is 3. The van der Waals surface area contributed by atoms with Crippen molar-refractivity contribution in [3.63, 3.8) is 0 Å². The molecule has 0 fully saturated rings. The number of hydrogen-bond acceptors (Lipinski definition) is 8. The Morgan fingerprint density at radius 2 is 1.73 bits per heavy atom. The average molecular weight is 317 g/mol. The summed E-state index contributed by atoms with van der Waals surface area (Å²) in [6.45, 7) is -0.394. The summed E-state index contributed by atoms with van der Waals surface area (Å²) in [4.78, 5) is 44.1. The minimum absolute atomic E-state index is 0.139. The lowest BCUT2D eigenvalue weighted by atomic mass is 10.3. The highest BCUT2D eigenvalue weighted by molar-refractivity contribution is 5.91. The van der Waals surface area contributed by atoms with Gasteiger partial charge in [0.1, 0.15) is 6.61 Å². The highest BCUT2D eigenvalue weighted by Crippen LogP contribution is 1.92. The first-order valence-electron chi connectivity index (χ1n) is 6.36. The quantitative estimate of drug-likeness (QED) is 0.232. The van der Waals surface area contributed by atoms with Crippen molar-refractivity contribution in [2.24, 2.45) is 0 Å². The lowest BCUT2D eigenvalue weighted by Gasteiger charge is -2.10. The predicted octanol–water partition coefficient (Wildman–Crippen LogP) is -1.31. The van der Waals surface area contributed by atoms with Crippen molar-refractivity contribution in [3.05, 3.63) is 12.2 Å². The molecule has 0 radical (unpaired) electrons. The zero-order chi connectivity index (χ0) is 17.0. The highest BCUT2D eigenvalue weighted by Gasteiger charge is 2.16. The van der Waals surface area contributed by atoms with Gasteiger partial charge in [0.15, 0.2) is 6.10 Å². The van der Waals surface area contributed by atoms with E-state index in [1.165, 1.54) is 7.11 Å². The van der Waals surface area contributed by atoms with Crippen LogP contribution in [0.4, 0.5) is 0 Å². The lowest BCUT2D eigenvalue weighted by Crippen LogP contribution is -2.38. The summed E-state index contributed by atoms with van der Waals surface area (Å²) >= 11 is 0. The van der Waals surface area contributed by atoms with Crippen LogP contribution in [0.5, 0.6) is 0 Å². The van der Waals surface area contributed by atoms with E-state index in [4.69, 9.17) is 0 Å². The third-order valence-electron chi connectivity index (χ3n) is 2.33. The Bertz CT molecular complexity index is 432. The van der Waals surface area contributed by atoms with Crippen LogP contribution < -0.4 is 5.32 Å². The number of carbonyl (C=O) groups is 4. The molecule has 0 aromatic heterocycles. The molecule has 0 heterocycles. The van der Waals surface area contributed by atoms with Crippen molar-refractivity contribution in [1.82, 2.24) is 5.32 Å². The predicted molar refractivity (Wildman–Crippen MR) is 72.4 cm³/mol. The molecule has 0 aliphatic rings. The standard InChI is InChI=1S/C13H19NO8/c1-20-10(16)4-3-7-14-13(19)9(15)8-22-12(18)6-5-11(17)21-2/h5-6,9,15H,3-4,7-8H2,1-2H3,(H,14,19)/b6-5+. The summed E-state index contributed by atoms with van der Waals surface area (Å²) < 4.78 is 13.2. The molecule has 0 saturated heterocycles. The third kappa shape index (κ3) is 9.48. The maximum atomic E-state index is 11.4. The van der Waals surface area contributed by atoms with Crippen molar-refractivity contribution < 1.29 is 38.5 Å². The monoisotopic (exact) mass is 317 g/mol. The Hall–Kier alpha value is -2.42. The van der Waals surface area contributed by atoms with Crippen LogP contribution >= 0.6 is 0 Å². The maximum absolute atomic E-state index is 11.4. The van der Waals surface area contributed by atoms with Gasteiger partial charge in [0.2, 0.25) is 0 Å². The van der Waals surface area contributed by atoms with Gasteiger partial charge in [0.25, 0.3) is 5.91 Å². The Labute approximate surface area is 127 Å². The van der Waals surface area contributed by atoms with Crippen LogP contribution in [0.2, 0.25) is 0 Å². The Kier molecular flexibility index (Phi) is 10.0. The number of rotatable bonds is 9. The number of amides is 1. The van der Waals surface area contributed by atoms with Gasteiger partial charge in [0.05, 0.1) is 14.2 Å². The van der Waals surface area contributed by atoms with Crippen molar-refractivity contribution in [2.45, 2.75) is 18.9 Å². The van der Waals surface area contributed by atoms with Crippen LogP contribution in [-0.2, 0) is 33.4 Å². The van der Waals surface area contributed by atoms with Gasteiger partial charge in [-0.25, -0.2) is 9.59 Å². The zero-order valence-corrected chi connectivity index (χ0v) is 12.4. The number of carbonyl (C=O) groups excluding carboxylic acids is 4. The summed E-state index contributed by atoms with van der Waals surface area (Å²) in [5.41, 5.74) is 0. The molecule has 0 rings (SSSR count). The fourth-order valence-corrected chi connectivity index (χ4v) is 1.15. The van der Waals surface area contributed by atoms with Crippen molar-refractivity contribution >= 4 is 23.8 Å². The van der Waals surface area contributed by atoms with E-state index in [9.17, 15) is 24.3 Å².